The van der Waals surface area contributed by atoms with Crippen LogP contribution in [0.15, 0.2) is 6.07 Å². The van der Waals surface area contributed by atoms with E-state index >= 15 is 0 Å². The molecule has 2 atom stereocenters. The first-order chi connectivity index (χ1) is 9.61. The van der Waals surface area contributed by atoms with Gasteiger partial charge in [-0.15, -0.1) is 11.3 Å². The lowest BCUT2D eigenvalue weighted by Crippen LogP contribution is -2.34. The van der Waals surface area contributed by atoms with Crippen molar-refractivity contribution in [1.82, 2.24) is 4.90 Å². The molecule has 1 amide bonds. The topological polar surface area (TPSA) is 57.6 Å². The number of carboxylic acids is 1. The number of carbonyl (C=O) groups is 2. The van der Waals surface area contributed by atoms with Gasteiger partial charge in [-0.1, -0.05) is 0 Å². The summed E-state index contributed by atoms with van der Waals surface area (Å²) in [5.74, 6) is -5.67. The Hall–Kier alpha value is -1.57. The van der Waals surface area contributed by atoms with E-state index in [-0.39, 0.29) is 0 Å². The number of nitrogens with zero attached hydrogens (tertiary/aromatic N) is 1. The average molecular weight is 321 g/mol. The number of aryl methyl sites for hydroxylation is 2. The number of halogens is 3. The molecule has 116 valence electrons. The predicted molar refractivity (Wildman–Crippen MR) is 70.4 cm³/mol. The fourth-order valence-corrected chi connectivity index (χ4v) is 3.39. The Morgan fingerprint density at radius 1 is 1.33 bits per heavy atom. The summed E-state index contributed by atoms with van der Waals surface area (Å²) in [7, 11) is 0. The van der Waals surface area contributed by atoms with Crippen LogP contribution >= 0.6 is 11.3 Å². The molecular formula is C13H14F3NO3S. The lowest BCUT2D eigenvalue weighted by Gasteiger charge is -2.18. The van der Waals surface area contributed by atoms with Crippen LogP contribution in [0.1, 0.15) is 20.1 Å². The summed E-state index contributed by atoms with van der Waals surface area (Å²) in [6, 6.07) is 1.62. The van der Waals surface area contributed by atoms with Gasteiger partial charge in [0.25, 0.3) is 5.91 Å². The third-order valence-corrected chi connectivity index (χ3v) is 4.86. The third kappa shape index (κ3) is 3.04. The van der Waals surface area contributed by atoms with Gasteiger partial charge in [0.2, 0.25) is 0 Å². The molecule has 1 aliphatic heterocycles. The van der Waals surface area contributed by atoms with Crippen molar-refractivity contribution in [3.05, 3.63) is 21.4 Å². The van der Waals surface area contributed by atoms with Gasteiger partial charge in [-0.25, -0.2) is 0 Å². The summed E-state index contributed by atoms with van der Waals surface area (Å²) in [5, 5.41) is 8.93. The zero-order valence-corrected chi connectivity index (χ0v) is 12.2. The van der Waals surface area contributed by atoms with Crippen LogP contribution in [0.4, 0.5) is 13.2 Å². The van der Waals surface area contributed by atoms with E-state index in [2.05, 4.69) is 0 Å². The maximum absolute atomic E-state index is 12.9. The molecule has 0 unspecified atom stereocenters. The number of carbonyl (C=O) groups excluding carboxylic acids is 1. The van der Waals surface area contributed by atoms with Gasteiger partial charge in [-0.05, 0) is 25.5 Å². The van der Waals surface area contributed by atoms with E-state index < -0.39 is 43.0 Å². The minimum atomic E-state index is -4.63. The molecule has 2 rings (SSSR count). The third-order valence-electron chi connectivity index (χ3n) is 3.72. The van der Waals surface area contributed by atoms with E-state index in [1.807, 2.05) is 13.8 Å². The lowest BCUT2D eigenvalue weighted by molar-refractivity contribution is -0.187. The molecule has 1 N–H and O–H groups in total. The molecule has 1 aliphatic rings. The quantitative estimate of drug-likeness (QED) is 0.911. The van der Waals surface area contributed by atoms with Gasteiger partial charge in [-0.3, -0.25) is 9.59 Å². The summed E-state index contributed by atoms with van der Waals surface area (Å²) in [6.45, 7) is 2.62. The second kappa shape index (κ2) is 5.32. The molecule has 0 radical (unpaired) electrons. The summed E-state index contributed by atoms with van der Waals surface area (Å²) < 4.78 is 38.6. The predicted octanol–water partition coefficient (Wildman–Crippen LogP) is 2.70. The van der Waals surface area contributed by atoms with Crippen LogP contribution in [0.25, 0.3) is 0 Å². The van der Waals surface area contributed by atoms with Gasteiger partial charge in [0.1, 0.15) is 0 Å². The van der Waals surface area contributed by atoms with Crippen LogP contribution in [-0.2, 0) is 4.79 Å². The number of likely N-dealkylation sites (tertiary alicyclic amines) is 1. The number of thiophene rings is 1. The smallest absolute Gasteiger partial charge is 0.394 e. The SMILES string of the molecule is Cc1cc(C(=O)N2C[C@@H](C(F)(F)F)[C@H](C(=O)O)C2)sc1C. The monoisotopic (exact) mass is 321 g/mol. The first-order valence-electron chi connectivity index (χ1n) is 6.27. The summed E-state index contributed by atoms with van der Waals surface area (Å²) >= 11 is 1.21. The van der Waals surface area contributed by atoms with Crippen molar-refractivity contribution >= 4 is 23.2 Å². The highest BCUT2D eigenvalue weighted by atomic mass is 32.1. The first kappa shape index (κ1) is 15.8. The van der Waals surface area contributed by atoms with Gasteiger partial charge < -0.3 is 10.0 Å². The Labute approximate surface area is 123 Å². The molecule has 1 saturated heterocycles. The number of hydrogen-bond acceptors (Lipinski definition) is 3. The van der Waals surface area contributed by atoms with Gasteiger partial charge in [0, 0.05) is 18.0 Å². The second-order valence-electron chi connectivity index (χ2n) is 5.15. The summed E-state index contributed by atoms with van der Waals surface area (Å²) in [4.78, 5) is 25.5. The summed E-state index contributed by atoms with van der Waals surface area (Å²) in [5.41, 5.74) is 0.893. The Balaban J connectivity index is 2.22. The van der Waals surface area contributed by atoms with Crippen LogP contribution in [0.2, 0.25) is 0 Å². The Morgan fingerprint density at radius 3 is 2.33 bits per heavy atom. The zero-order valence-electron chi connectivity index (χ0n) is 11.4. The van der Waals surface area contributed by atoms with Crippen molar-refractivity contribution in [1.29, 1.82) is 0 Å². The van der Waals surface area contributed by atoms with Gasteiger partial charge in [0.15, 0.2) is 0 Å². The van der Waals surface area contributed by atoms with E-state index in [1.165, 1.54) is 11.3 Å². The van der Waals surface area contributed by atoms with Crippen LogP contribution < -0.4 is 0 Å². The molecule has 0 bridgehead atoms. The Bertz CT molecular complexity index is 562. The highest BCUT2D eigenvalue weighted by Gasteiger charge is 2.53. The van der Waals surface area contributed by atoms with Crippen molar-refractivity contribution < 1.29 is 27.9 Å². The number of hydrogen-bond donors (Lipinski definition) is 1. The lowest BCUT2D eigenvalue weighted by atomic mass is 9.96. The fourth-order valence-electron chi connectivity index (χ4n) is 2.39. The number of rotatable bonds is 2. The van der Waals surface area contributed by atoms with Crippen LogP contribution in [0.5, 0.6) is 0 Å². The molecule has 8 heteroatoms. The van der Waals surface area contributed by atoms with Gasteiger partial charge >= 0.3 is 12.1 Å². The number of aliphatic carboxylic acids is 1. The minimum Gasteiger partial charge on any atom is -0.481 e. The molecule has 4 nitrogen and oxygen atoms in total. The normalized spacial score (nSPS) is 22.6. The van der Waals surface area contributed by atoms with E-state index in [0.717, 1.165) is 15.3 Å². The highest BCUT2D eigenvalue weighted by molar-refractivity contribution is 7.14. The molecule has 0 aliphatic carbocycles. The van der Waals surface area contributed by atoms with E-state index in [9.17, 15) is 22.8 Å². The number of alkyl halides is 3. The molecule has 0 aromatic carbocycles. The maximum Gasteiger partial charge on any atom is 0.394 e. The van der Waals surface area contributed by atoms with Crippen LogP contribution in [0, 0.1) is 25.7 Å². The van der Waals surface area contributed by atoms with Gasteiger partial charge in [-0.2, -0.15) is 13.2 Å². The summed E-state index contributed by atoms with van der Waals surface area (Å²) in [6.07, 6.45) is -4.63. The number of amides is 1. The standard InChI is InChI=1S/C13H14F3NO3S/c1-6-3-10(21-7(6)2)11(18)17-4-8(12(19)20)9(5-17)13(14,15)16/h3,8-9H,4-5H2,1-2H3,(H,19,20)/t8-,9-/m1/s1. The second-order valence-corrected chi connectivity index (χ2v) is 6.41. The van der Waals surface area contributed by atoms with E-state index in [4.69, 9.17) is 5.11 Å². The molecule has 0 saturated carbocycles. The first-order valence-corrected chi connectivity index (χ1v) is 7.08. The van der Waals surface area contributed by atoms with Crippen molar-refractivity contribution in [2.24, 2.45) is 11.8 Å². The van der Waals surface area contributed by atoms with Crippen LogP contribution in [-0.4, -0.2) is 41.1 Å². The molecule has 21 heavy (non-hydrogen) atoms. The van der Waals surface area contributed by atoms with Crippen molar-refractivity contribution in [2.45, 2.75) is 20.0 Å². The molecule has 1 aromatic heterocycles. The zero-order chi connectivity index (χ0) is 15.9. The maximum atomic E-state index is 12.9. The van der Waals surface area contributed by atoms with Crippen molar-refractivity contribution in [3.8, 4) is 0 Å². The molecular weight excluding hydrogens is 307 g/mol. The fraction of sp³-hybridized carbons (Fsp3) is 0.538. The molecule has 0 spiro atoms. The minimum absolute atomic E-state index is 0.344. The average Bonchev–Trinajstić information content (AvgIpc) is 2.93. The Kier molecular flexibility index (Phi) is 4.01. The van der Waals surface area contributed by atoms with Crippen LogP contribution in [0.3, 0.4) is 0 Å². The van der Waals surface area contributed by atoms with E-state index in [0.29, 0.717) is 4.88 Å². The molecule has 2 heterocycles. The number of carboxylic acid groups (broad SMARTS) is 1. The van der Waals surface area contributed by atoms with Crippen molar-refractivity contribution in [2.75, 3.05) is 13.1 Å². The highest BCUT2D eigenvalue weighted by Crippen LogP contribution is 2.38. The Morgan fingerprint density at radius 2 is 1.95 bits per heavy atom. The largest absolute Gasteiger partial charge is 0.481 e. The molecule has 1 aromatic rings. The van der Waals surface area contributed by atoms with E-state index in [1.54, 1.807) is 6.07 Å². The van der Waals surface area contributed by atoms with Gasteiger partial charge in [0.05, 0.1) is 16.7 Å². The van der Waals surface area contributed by atoms with Crippen molar-refractivity contribution in [3.63, 3.8) is 0 Å². The molecule has 1 fully saturated rings.